The number of pyridine rings is 1. The van der Waals surface area contributed by atoms with Gasteiger partial charge in [0.25, 0.3) is 0 Å². The third kappa shape index (κ3) is 2.17. The van der Waals surface area contributed by atoms with Gasteiger partial charge in [-0.05, 0) is 12.1 Å². The average Bonchev–Trinajstić information content (AvgIpc) is 2.27. The van der Waals surface area contributed by atoms with Crippen LogP contribution in [0.5, 0.6) is 0 Å². The van der Waals surface area contributed by atoms with Gasteiger partial charge in [-0.1, -0.05) is 32.0 Å². The van der Waals surface area contributed by atoms with Gasteiger partial charge in [-0.15, -0.1) is 11.8 Å². The molecule has 0 saturated carbocycles. The molecule has 0 bridgehead atoms. The van der Waals surface area contributed by atoms with Crippen LogP contribution in [-0.4, -0.2) is 10.2 Å². The molecule has 16 heavy (non-hydrogen) atoms. The maximum atomic E-state index is 9.09. The minimum Gasteiger partial charge on any atom is -0.240 e. The molecule has 2 rings (SSSR count). The van der Waals surface area contributed by atoms with Gasteiger partial charge in [-0.3, -0.25) is 0 Å². The van der Waals surface area contributed by atoms with E-state index in [2.05, 4.69) is 24.9 Å². The van der Waals surface area contributed by atoms with Gasteiger partial charge < -0.3 is 0 Å². The van der Waals surface area contributed by atoms with Crippen molar-refractivity contribution in [2.75, 3.05) is 0 Å². The molecule has 0 amide bonds. The third-order valence-corrected chi connectivity index (χ3v) is 3.16. The van der Waals surface area contributed by atoms with Gasteiger partial charge in [0.15, 0.2) is 0 Å². The quantitative estimate of drug-likeness (QED) is 0.737. The molecule has 1 heterocycles. The van der Waals surface area contributed by atoms with Crippen molar-refractivity contribution in [2.45, 2.75) is 24.1 Å². The second kappa shape index (κ2) is 4.54. The van der Waals surface area contributed by atoms with Gasteiger partial charge in [0, 0.05) is 10.6 Å². The molecule has 2 nitrogen and oxygen atoms in total. The van der Waals surface area contributed by atoms with Crippen molar-refractivity contribution in [1.29, 1.82) is 5.26 Å². The molecule has 2 aromatic rings. The van der Waals surface area contributed by atoms with E-state index in [-0.39, 0.29) is 0 Å². The van der Waals surface area contributed by atoms with E-state index in [0.29, 0.717) is 10.8 Å². The number of para-hydroxylation sites is 1. The summed E-state index contributed by atoms with van der Waals surface area (Å²) < 4.78 is 0. The molecular weight excluding hydrogens is 216 g/mol. The summed E-state index contributed by atoms with van der Waals surface area (Å²) in [6.45, 7) is 4.20. The number of thioether (sulfide) groups is 1. The molecule has 0 atom stereocenters. The van der Waals surface area contributed by atoms with Crippen LogP contribution in [0.15, 0.2) is 35.4 Å². The minimum atomic E-state index is 0.431. The lowest BCUT2D eigenvalue weighted by atomic mass is 10.2. The van der Waals surface area contributed by atoms with Crippen molar-refractivity contribution < 1.29 is 0 Å². The third-order valence-electron chi connectivity index (χ3n) is 2.16. The molecule has 1 aromatic carbocycles. The van der Waals surface area contributed by atoms with Crippen LogP contribution in [0.4, 0.5) is 0 Å². The number of benzene rings is 1. The van der Waals surface area contributed by atoms with Crippen LogP contribution in [0.3, 0.4) is 0 Å². The van der Waals surface area contributed by atoms with Crippen molar-refractivity contribution in [2.24, 2.45) is 0 Å². The number of aromatic nitrogens is 1. The number of hydrogen-bond acceptors (Lipinski definition) is 3. The predicted molar refractivity (Wildman–Crippen MR) is 67.5 cm³/mol. The lowest BCUT2D eigenvalue weighted by Crippen LogP contribution is -1.93. The van der Waals surface area contributed by atoms with E-state index >= 15 is 0 Å². The summed E-state index contributed by atoms with van der Waals surface area (Å²) in [6, 6.07) is 12.0. The zero-order valence-electron chi connectivity index (χ0n) is 9.27. The van der Waals surface area contributed by atoms with E-state index in [1.165, 1.54) is 0 Å². The Bertz CT molecular complexity index is 555. The topological polar surface area (TPSA) is 36.7 Å². The van der Waals surface area contributed by atoms with Crippen molar-refractivity contribution >= 4 is 22.7 Å². The fraction of sp³-hybridized carbons (Fsp3) is 0.231. The smallest absolute Gasteiger partial charge is 0.115 e. The van der Waals surface area contributed by atoms with Crippen molar-refractivity contribution in [1.82, 2.24) is 4.98 Å². The van der Waals surface area contributed by atoms with Crippen molar-refractivity contribution in [3.05, 3.63) is 35.9 Å². The summed E-state index contributed by atoms with van der Waals surface area (Å²) in [5.74, 6) is 0. The molecule has 0 aliphatic rings. The maximum absolute atomic E-state index is 9.09. The van der Waals surface area contributed by atoms with Crippen LogP contribution in [-0.2, 0) is 0 Å². The van der Waals surface area contributed by atoms with Crippen molar-refractivity contribution in [3.8, 4) is 6.07 Å². The Morgan fingerprint density at radius 2 is 2.06 bits per heavy atom. The van der Waals surface area contributed by atoms with E-state index in [9.17, 15) is 0 Å². The van der Waals surface area contributed by atoms with Gasteiger partial charge in [0.1, 0.15) is 11.1 Å². The Morgan fingerprint density at radius 1 is 1.31 bits per heavy atom. The standard InChI is InChI=1S/C13H12N2S/c1-9(2)16-13-11(8-14)7-10-5-3-4-6-12(10)15-13/h3-7,9H,1-2H3. The molecule has 0 radical (unpaired) electrons. The molecule has 0 unspecified atom stereocenters. The normalized spacial score (nSPS) is 10.6. The summed E-state index contributed by atoms with van der Waals surface area (Å²) in [6.07, 6.45) is 0. The molecule has 0 aliphatic heterocycles. The van der Waals surface area contributed by atoms with Gasteiger partial charge in [-0.2, -0.15) is 5.26 Å². The number of fused-ring (bicyclic) bond motifs is 1. The van der Waals surface area contributed by atoms with Gasteiger partial charge in [0.05, 0.1) is 11.1 Å². The molecule has 0 N–H and O–H groups in total. The van der Waals surface area contributed by atoms with Crippen LogP contribution in [0, 0.1) is 11.3 Å². The van der Waals surface area contributed by atoms with E-state index in [0.717, 1.165) is 15.9 Å². The van der Waals surface area contributed by atoms with Crippen LogP contribution in [0.2, 0.25) is 0 Å². The Morgan fingerprint density at radius 3 is 2.75 bits per heavy atom. The predicted octanol–water partition coefficient (Wildman–Crippen LogP) is 3.61. The molecule has 0 spiro atoms. The van der Waals surface area contributed by atoms with E-state index in [1.807, 2.05) is 30.3 Å². The second-order valence-electron chi connectivity index (χ2n) is 3.81. The summed E-state index contributed by atoms with van der Waals surface area (Å²) in [7, 11) is 0. The lowest BCUT2D eigenvalue weighted by Gasteiger charge is -2.07. The van der Waals surface area contributed by atoms with E-state index in [4.69, 9.17) is 5.26 Å². The summed E-state index contributed by atoms with van der Waals surface area (Å²) in [4.78, 5) is 4.53. The van der Waals surface area contributed by atoms with Crippen LogP contribution in [0.25, 0.3) is 10.9 Å². The van der Waals surface area contributed by atoms with Gasteiger partial charge >= 0.3 is 0 Å². The van der Waals surface area contributed by atoms with Crippen LogP contribution < -0.4 is 0 Å². The SMILES string of the molecule is CC(C)Sc1nc2ccccc2cc1C#N. The fourth-order valence-corrected chi connectivity index (χ4v) is 2.32. The average molecular weight is 228 g/mol. The molecule has 0 aliphatic carbocycles. The van der Waals surface area contributed by atoms with Crippen molar-refractivity contribution in [3.63, 3.8) is 0 Å². The molecule has 3 heteroatoms. The fourth-order valence-electron chi connectivity index (χ4n) is 1.49. The lowest BCUT2D eigenvalue weighted by molar-refractivity contribution is 1.08. The van der Waals surface area contributed by atoms with E-state index in [1.54, 1.807) is 11.8 Å². The van der Waals surface area contributed by atoms with Gasteiger partial charge in [-0.25, -0.2) is 4.98 Å². The Balaban J connectivity index is 2.59. The number of nitriles is 1. The number of hydrogen-bond donors (Lipinski definition) is 0. The molecule has 0 saturated heterocycles. The summed E-state index contributed by atoms with van der Waals surface area (Å²) in [5, 5.41) is 11.4. The first kappa shape index (κ1) is 11.0. The van der Waals surface area contributed by atoms with Gasteiger partial charge in [0.2, 0.25) is 0 Å². The molecule has 80 valence electrons. The monoisotopic (exact) mass is 228 g/mol. The molecular formula is C13H12N2S. The molecule has 1 aromatic heterocycles. The highest BCUT2D eigenvalue weighted by atomic mass is 32.2. The minimum absolute atomic E-state index is 0.431. The summed E-state index contributed by atoms with van der Waals surface area (Å²) >= 11 is 1.63. The highest BCUT2D eigenvalue weighted by Gasteiger charge is 2.08. The largest absolute Gasteiger partial charge is 0.240 e. The Hall–Kier alpha value is -1.53. The summed E-state index contributed by atoms with van der Waals surface area (Å²) in [5.41, 5.74) is 1.61. The van der Waals surface area contributed by atoms with Crippen LogP contribution in [0.1, 0.15) is 19.4 Å². The first-order valence-electron chi connectivity index (χ1n) is 5.17. The first-order valence-corrected chi connectivity index (χ1v) is 6.05. The highest BCUT2D eigenvalue weighted by molar-refractivity contribution is 7.99. The highest BCUT2D eigenvalue weighted by Crippen LogP contribution is 2.27. The van der Waals surface area contributed by atoms with Crippen LogP contribution >= 0.6 is 11.8 Å². The number of nitrogens with zero attached hydrogens (tertiary/aromatic N) is 2. The first-order chi connectivity index (χ1) is 7.70. The second-order valence-corrected chi connectivity index (χ2v) is 5.38. The Kier molecular flexibility index (Phi) is 3.12. The number of rotatable bonds is 2. The maximum Gasteiger partial charge on any atom is 0.115 e. The Labute approximate surface area is 99.3 Å². The zero-order chi connectivity index (χ0) is 11.5. The molecule has 0 fully saturated rings. The zero-order valence-corrected chi connectivity index (χ0v) is 10.1. The van der Waals surface area contributed by atoms with E-state index < -0.39 is 0 Å².